The maximum atomic E-state index is 11.8. The predicted octanol–water partition coefficient (Wildman–Crippen LogP) is 3.22. The highest BCUT2D eigenvalue weighted by atomic mass is 32.2. The third-order valence-electron chi connectivity index (χ3n) is 2.29. The van der Waals surface area contributed by atoms with Crippen molar-refractivity contribution in [2.45, 2.75) is 24.1 Å². The Labute approximate surface area is 120 Å². The molecule has 1 N–H and O–H groups in total. The van der Waals surface area contributed by atoms with Gasteiger partial charge < -0.3 is 5.32 Å². The SMILES string of the molecule is CCCSc1nnc(NC(=O)Cc2ccccc2)s1. The molecule has 0 radical (unpaired) electrons. The second-order valence-corrected chi connectivity index (χ2v) is 6.25. The molecule has 0 unspecified atom stereocenters. The summed E-state index contributed by atoms with van der Waals surface area (Å²) in [5.41, 5.74) is 0.991. The van der Waals surface area contributed by atoms with E-state index in [1.165, 1.54) is 11.3 Å². The van der Waals surface area contributed by atoms with Crippen LogP contribution in [-0.4, -0.2) is 21.9 Å². The maximum Gasteiger partial charge on any atom is 0.230 e. The molecule has 0 saturated heterocycles. The van der Waals surface area contributed by atoms with E-state index < -0.39 is 0 Å². The first-order chi connectivity index (χ1) is 9.28. The average Bonchev–Trinajstić information content (AvgIpc) is 2.85. The Morgan fingerprint density at radius 2 is 2.11 bits per heavy atom. The summed E-state index contributed by atoms with van der Waals surface area (Å²) in [6.07, 6.45) is 1.46. The van der Waals surface area contributed by atoms with Crippen LogP contribution in [0, 0.1) is 0 Å². The lowest BCUT2D eigenvalue weighted by atomic mass is 10.1. The van der Waals surface area contributed by atoms with Crippen LogP contribution in [0.25, 0.3) is 0 Å². The first-order valence-corrected chi connectivity index (χ1v) is 7.88. The van der Waals surface area contributed by atoms with Crippen LogP contribution in [0.3, 0.4) is 0 Å². The highest BCUT2D eigenvalue weighted by Gasteiger charge is 2.08. The van der Waals surface area contributed by atoms with Crippen LogP contribution in [0.1, 0.15) is 18.9 Å². The summed E-state index contributed by atoms with van der Waals surface area (Å²) >= 11 is 3.09. The second-order valence-electron chi connectivity index (χ2n) is 3.93. The number of aromatic nitrogens is 2. The fourth-order valence-corrected chi connectivity index (χ4v) is 3.15. The zero-order valence-corrected chi connectivity index (χ0v) is 12.3. The number of nitrogens with one attached hydrogen (secondary N) is 1. The van der Waals surface area contributed by atoms with Crippen LogP contribution < -0.4 is 5.32 Å². The quantitative estimate of drug-likeness (QED) is 0.656. The number of amides is 1. The van der Waals surface area contributed by atoms with Crippen molar-refractivity contribution < 1.29 is 4.79 Å². The predicted molar refractivity (Wildman–Crippen MR) is 79.7 cm³/mol. The van der Waals surface area contributed by atoms with Gasteiger partial charge in [0.25, 0.3) is 0 Å². The van der Waals surface area contributed by atoms with Crippen molar-refractivity contribution in [2.24, 2.45) is 0 Å². The third kappa shape index (κ3) is 4.65. The van der Waals surface area contributed by atoms with Crippen LogP contribution in [0.2, 0.25) is 0 Å². The number of nitrogens with zero attached hydrogens (tertiary/aromatic N) is 2. The van der Waals surface area contributed by atoms with E-state index in [0.717, 1.165) is 22.1 Å². The molecule has 1 heterocycles. The molecule has 2 aromatic rings. The van der Waals surface area contributed by atoms with Gasteiger partial charge >= 0.3 is 0 Å². The number of hydrogen-bond donors (Lipinski definition) is 1. The summed E-state index contributed by atoms with van der Waals surface area (Å²) in [6.45, 7) is 2.12. The molecule has 4 nitrogen and oxygen atoms in total. The van der Waals surface area contributed by atoms with E-state index in [-0.39, 0.29) is 5.91 Å². The molecule has 0 aliphatic heterocycles. The second kappa shape index (κ2) is 7.25. The van der Waals surface area contributed by atoms with E-state index in [9.17, 15) is 4.79 Å². The van der Waals surface area contributed by atoms with Crippen LogP contribution in [0.5, 0.6) is 0 Å². The molecule has 6 heteroatoms. The van der Waals surface area contributed by atoms with E-state index >= 15 is 0 Å². The molecule has 1 amide bonds. The molecule has 0 aliphatic rings. The number of anilines is 1. The molecule has 0 bridgehead atoms. The molecule has 1 aromatic heterocycles. The molecule has 1 aromatic carbocycles. The Balaban J connectivity index is 1.86. The largest absolute Gasteiger partial charge is 0.300 e. The van der Waals surface area contributed by atoms with Gasteiger partial charge in [-0.2, -0.15) is 0 Å². The van der Waals surface area contributed by atoms with E-state index in [4.69, 9.17) is 0 Å². The standard InChI is InChI=1S/C13H15N3OS2/c1-2-8-18-13-16-15-12(19-13)14-11(17)9-10-6-4-3-5-7-10/h3-7H,2,8-9H2,1H3,(H,14,15,17). The fourth-order valence-electron chi connectivity index (χ4n) is 1.45. The zero-order valence-electron chi connectivity index (χ0n) is 10.6. The number of rotatable bonds is 6. The van der Waals surface area contributed by atoms with E-state index in [1.54, 1.807) is 11.8 Å². The summed E-state index contributed by atoms with van der Waals surface area (Å²) in [5.74, 6) is 0.960. The Bertz CT molecular complexity index is 528. The molecule has 0 atom stereocenters. The molecule has 0 fully saturated rings. The minimum absolute atomic E-state index is 0.0607. The molecule has 2 rings (SSSR count). The highest BCUT2D eigenvalue weighted by molar-refractivity contribution is 8.01. The molecule has 19 heavy (non-hydrogen) atoms. The van der Waals surface area contributed by atoms with Gasteiger partial charge in [0, 0.05) is 5.75 Å². The van der Waals surface area contributed by atoms with Crippen molar-refractivity contribution in [1.82, 2.24) is 10.2 Å². The van der Waals surface area contributed by atoms with Crippen LogP contribution in [0.15, 0.2) is 34.7 Å². The van der Waals surface area contributed by atoms with Gasteiger partial charge in [-0.1, -0.05) is 60.4 Å². The van der Waals surface area contributed by atoms with Crippen molar-refractivity contribution >= 4 is 34.1 Å². The van der Waals surface area contributed by atoms with Gasteiger partial charge in [0.2, 0.25) is 11.0 Å². The monoisotopic (exact) mass is 293 g/mol. The fraction of sp³-hybridized carbons (Fsp3) is 0.308. The molecule has 0 aliphatic carbocycles. The van der Waals surface area contributed by atoms with Crippen LogP contribution >= 0.6 is 23.1 Å². The van der Waals surface area contributed by atoms with E-state index in [2.05, 4.69) is 22.4 Å². The van der Waals surface area contributed by atoms with Gasteiger partial charge in [-0.25, -0.2) is 0 Å². The maximum absolute atomic E-state index is 11.8. The molecule has 0 spiro atoms. The number of carbonyl (C=O) groups excluding carboxylic acids is 1. The topological polar surface area (TPSA) is 54.9 Å². The minimum Gasteiger partial charge on any atom is -0.300 e. The lowest BCUT2D eigenvalue weighted by Crippen LogP contribution is -2.14. The van der Waals surface area contributed by atoms with Gasteiger partial charge in [-0.15, -0.1) is 10.2 Å². The summed E-state index contributed by atoms with van der Waals surface area (Å²) < 4.78 is 0.900. The van der Waals surface area contributed by atoms with Gasteiger partial charge in [0.05, 0.1) is 6.42 Å². The number of benzene rings is 1. The Morgan fingerprint density at radius 1 is 1.32 bits per heavy atom. The zero-order chi connectivity index (χ0) is 13.5. The highest BCUT2D eigenvalue weighted by Crippen LogP contribution is 2.25. The molecule has 0 saturated carbocycles. The third-order valence-corrected chi connectivity index (χ3v) is 4.47. The van der Waals surface area contributed by atoms with Crippen LogP contribution in [-0.2, 0) is 11.2 Å². The first kappa shape index (κ1) is 14.0. The van der Waals surface area contributed by atoms with Crippen molar-refractivity contribution in [2.75, 3.05) is 11.1 Å². The van der Waals surface area contributed by atoms with Crippen molar-refractivity contribution in [3.8, 4) is 0 Å². The molecule has 100 valence electrons. The number of carbonyl (C=O) groups is 1. The summed E-state index contributed by atoms with van der Waals surface area (Å²) in [6, 6.07) is 9.65. The van der Waals surface area contributed by atoms with Gasteiger partial charge in [-0.05, 0) is 12.0 Å². The number of thioether (sulfide) groups is 1. The Hall–Kier alpha value is -1.40. The van der Waals surface area contributed by atoms with Gasteiger partial charge in [-0.3, -0.25) is 4.79 Å². The molecular formula is C13H15N3OS2. The van der Waals surface area contributed by atoms with E-state index in [0.29, 0.717) is 11.6 Å². The Morgan fingerprint density at radius 3 is 2.84 bits per heavy atom. The lowest BCUT2D eigenvalue weighted by Gasteiger charge is -2.00. The lowest BCUT2D eigenvalue weighted by molar-refractivity contribution is -0.115. The smallest absolute Gasteiger partial charge is 0.230 e. The van der Waals surface area contributed by atoms with Crippen LogP contribution in [0.4, 0.5) is 5.13 Å². The summed E-state index contributed by atoms with van der Waals surface area (Å²) in [7, 11) is 0. The first-order valence-electron chi connectivity index (χ1n) is 6.08. The summed E-state index contributed by atoms with van der Waals surface area (Å²) in [4.78, 5) is 11.8. The van der Waals surface area contributed by atoms with Gasteiger partial charge in [0.1, 0.15) is 0 Å². The van der Waals surface area contributed by atoms with Gasteiger partial charge in [0.15, 0.2) is 4.34 Å². The van der Waals surface area contributed by atoms with Crippen molar-refractivity contribution in [3.05, 3.63) is 35.9 Å². The minimum atomic E-state index is -0.0607. The van der Waals surface area contributed by atoms with Crippen molar-refractivity contribution in [1.29, 1.82) is 0 Å². The Kier molecular flexibility index (Phi) is 5.35. The van der Waals surface area contributed by atoms with E-state index in [1.807, 2.05) is 30.3 Å². The molecular weight excluding hydrogens is 278 g/mol. The number of hydrogen-bond acceptors (Lipinski definition) is 5. The van der Waals surface area contributed by atoms with Crippen molar-refractivity contribution in [3.63, 3.8) is 0 Å². The average molecular weight is 293 g/mol. The summed E-state index contributed by atoms with van der Waals surface area (Å²) in [5, 5.41) is 11.3. The normalized spacial score (nSPS) is 10.4.